The smallest absolute Gasteiger partial charge is 0.273 e. The highest BCUT2D eigenvalue weighted by molar-refractivity contribution is 8.18. The first-order valence-electron chi connectivity index (χ1n) is 12.6. The van der Waals surface area contributed by atoms with Gasteiger partial charge in [-0.3, -0.25) is 28.6 Å². The number of sulfonamides is 1. The number of carbonyl (C=O) groups is 2. The number of rotatable bonds is 8. The van der Waals surface area contributed by atoms with Gasteiger partial charge in [-0.1, -0.05) is 6.42 Å². The van der Waals surface area contributed by atoms with E-state index in [1.54, 1.807) is 17.0 Å². The first-order chi connectivity index (χ1) is 18.5. The van der Waals surface area contributed by atoms with E-state index in [0.717, 1.165) is 17.1 Å². The van der Waals surface area contributed by atoms with Crippen LogP contribution in [0.5, 0.6) is 5.75 Å². The van der Waals surface area contributed by atoms with Gasteiger partial charge in [-0.05, 0) is 57.4 Å². The summed E-state index contributed by atoms with van der Waals surface area (Å²) < 4.78 is 45.0. The molecule has 1 aliphatic carbocycles. The first-order valence-corrected chi connectivity index (χ1v) is 14.9. The molecule has 0 bridgehead atoms. The second kappa shape index (κ2) is 11.5. The first kappa shape index (κ1) is 28.8. The van der Waals surface area contributed by atoms with E-state index in [4.69, 9.17) is 0 Å². The second-order valence-electron chi connectivity index (χ2n) is 9.87. The number of phenolic OH excluding ortho intramolecular Hbond substituents is 1. The summed E-state index contributed by atoms with van der Waals surface area (Å²) in [5.74, 6) is -1.07. The predicted molar refractivity (Wildman–Crippen MR) is 151 cm³/mol. The molecule has 1 aromatic heterocycles. The molecule has 2 aromatic rings. The molecule has 13 heteroatoms. The van der Waals surface area contributed by atoms with Crippen LogP contribution in [-0.2, 0) is 21.4 Å². The number of fused-ring (bicyclic) bond motifs is 2. The molecule has 2 aliphatic rings. The number of anilines is 1. The Balaban J connectivity index is 1.81. The molecule has 10 nitrogen and oxygen atoms in total. The third kappa shape index (κ3) is 5.60. The van der Waals surface area contributed by atoms with Gasteiger partial charge >= 0.3 is 0 Å². The number of pyridine rings is 1. The molecule has 0 saturated heterocycles. The molecule has 1 fully saturated rings. The molecule has 2 N–H and O–H groups in total. The van der Waals surface area contributed by atoms with Gasteiger partial charge in [0, 0.05) is 56.2 Å². The molecule has 2 heterocycles. The highest BCUT2D eigenvalue weighted by Crippen LogP contribution is 2.46. The molecule has 4 rings (SSSR count). The van der Waals surface area contributed by atoms with Crippen molar-refractivity contribution in [2.45, 2.75) is 58.7 Å². The molecule has 0 radical (unpaired) electrons. The summed E-state index contributed by atoms with van der Waals surface area (Å²) in [6.45, 7) is 6.60. The van der Waals surface area contributed by atoms with Crippen molar-refractivity contribution in [1.82, 2.24) is 14.6 Å². The van der Waals surface area contributed by atoms with Crippen LogP contribution in [0.4, 0.5) is 10.1 Å². The molecule has 0 spiro atoms. The number of nitrogens with one attached hydrogen (secondary N) is 1. The van der Waals surface area contributed by atoms with Crippen molar-refractivity contribution in [2.75, 3.05) is 17.9 Å². The Morgan fingerprint density at radius 3 is 2.77 bits per heavy atom. The summed E-state index contributed by atoms with van der Waals surface area (Å²) in [6.07, 6.45) is 3.76. The van der Waals surface area contributed by atoms with Crippen LogP contribution >= 0.6 is 11.9 Å². The number of aromatic nitrogens is 1. The average Bonchev–Trinajstić information content (AvgIpc) is 3.07. The fourth-order valence-electron chi connectivity index (χ4n) is 5.21. The van der Waals surface area contributed by atoms with Gasteiger partial charge in [0.2, 0.25) is 5.91 Å². The van der Waals surface area contributed by atoms with Gasteiger partial charge in [0.25, 0.3) is 15.9 Å². The van der Waals surface area contributed by atoms with Crippen LogP contribution in [0.1, 0.15) is 61.9 Å². The number of aliphatic imine (C=N–C) groups is 1. The number of halogens is 1. The minimum atomic E-state index is -4.31. The van der Waals surface area contributed by atoms with Crippen molar-refractivity contribution in [3.05, 3.63) is 39.4 Å². The zero-order valence-electron chi connectivity index (χ0n) is 22.1. The van der Waals surface area contributed by atoms with Crippen molar-refractivity contribution >= 4 is 57.1 Å². The zero-order valence-corrected chi connectivity index (χ0v) is 23.7. The lowest BCUT2D eigenvalue weighted by atomic mass is 10.00. The number of benzene rings is 1. The van der Waals surface area contributed by atoms with E-state index in [0.29, 0.717) is 48.7 Å². The summed E-state index contributed by atoms with van der Waals surface area (Å²) >= 11 is 0.604. The van der Waals surface area contributed by atoms with E-state index in [2.05, 4.69) is 21.4 Å². The number of hydrogen-bond donors (Lipinski definition) is 2. The number of amides is 2. The van der Waals surface area contributed by atoms with Gasteiger partial charge in [0.1, 0.15) is 11.7 Å². The van der Waals surface area contributed by atoms with Crippen LogP contribution in [0.2, 0.25) is 0 Å². The Bertz CT molecular complexity index is 1460. The van der Waals surface area contributed by atoms with Gasteiger partial charge in [0.15, 0.2) is 9.99 Å². The maximum absolute atomic E-state index is 13.9. The maximum atomic E-state index is 13.9. The lowest BCUT2D eigenvalue weighted by Gasteiger charge is -2.26. The van der Waals surface area contributed by atoms with Crippen molar-refractivity contribution in [1.29, 1.82) is 0 Å². The second-order valence-corrected chi connectivity index (χ2v) is 12.9. The Hall–Kier alpha value is -3.19. The molecular weight excluding hydrogens is 545 g/mol. The van der Waals surface area contributed by atoms with Gasteiger partial charge < -0.3 is 10.0 Å². The summed E-state index contributed by atoms with van der Waals surface area (Å²) in [7, 11) is -2.97. The van der Waals surface area contributed by atoms with Gasteiger partial charge in [-0.2, -0.15) is 0 Å². The SMILES string of the molecule is C=N/C(C)=C(\SNC(C)=O)S(=O)(=O)N(C)c1c2c(c(O)c3ncccc13)C(=O)N(CC1CCCC(F)CC1)C2. The van der Waals surface area contributed by atoms with Gasteiger partial charge in [-0.25, -0.2) is 12.8 Å². The van der Waals surface area contributed by atoms with E-state index in [1.165, 1.54) is 27.1 Å². The standard InChI is InChI=1S/C26H32FN5O5S2/c1-15(28-3)26(38-30-16(2)33)39(36,37)31(4)23-19-9-6-12-29-22(19)24(34)21-20(23)14-32(25(21)35)13-17-7-5-8-18(27)11-10-17/h6,9,12,17-18,34H,3,5,7-8,10-11,13-14H2,1-2,4H3,(H,30,33)/b26-15+. The third-order valence-electron chi connectivity index (χ3n) is 7.19. The van der Waals surface area contributed by atoms with Crippen molar-refractivity contribution in [2.24, 2.45) is 10.9 Å². The van der Waals surface area contributed by atoms with Crippen molar-refractivity contribution in [3.8, 4) is 5.75 Å². The fraction of sp³-hybridized carbons (Fsp3) is 0.462. The van der Waals surface area contributed by atoms with Gasteiger partial charge in [-0.15, -0.1) is 0 Å². The van der Waals surface area contributed by atoms with E-state index >= 15 is 0 Å². The van der Waals surface area contributed by atoms with Crippen LogP contribution in [-0.4, -0.2) is 61.7 Å². The van der Waals surface area contributed by atoms with Crippen LogP contribution in [0.3, 0.4) is 0 Å². The maximum Gasteiger partial charge on any atom is 0.273 e. The average molecular weight is 578 g/mol. The Labute approximate surface area is 231 Å². The monoisotopic (exact) mass is 577 g/mol. The molecule has 1 saturated carbocycles. The molecule has 2 atom stereocenters. The summed E-state index contributed by atoms with van der Waals surface area (Å²) in [5.41, 5.74) is 0.736. The number of phenols is 1. The summed E-state index contributed by atoms with van der Waals surface area (Å²) in [6, 6.07) is 3.25. The van der Waals surface area contributed by atoms with E-state index in [9.17, 15) is 27.5 Å². The Kier molecular flexibility index (Phi) is 8.50. The zero-order chi connectivity index (χ0) is 28.5. The summed E-state index contributed by atoms with van der Waals surface area (Å²) in [4.78, 5) is 34.8. The Morgan fingerprint density at radius 1 is 1.33 bits per heavy atom. The van der Waals surface area contributed by atoms with Gasteiger partial charge in [0.05, 0.1) is 16.9 Å². The summed E-state index contributed by atoms with van der Waals surface area (Å²) in [5, 5.41) is 11.5. The number of hydrogen-bond acceptors (Lipinski definition) is 8. The third-order valence-corrected chi connectivity index (χ3v) is 10.6. The topological polar surface area (TPSA) is 132 Å². The number of allylic oxidation sites excluding steroid dienone is 1. The molecule has 2 amide bonds. The minimum absolute atomic E-state index is 0.00820. The van der Waals surface area contributed by atoms with Crippen molar-refractivity contribution < 1.29 is 27.5 Å². The number of alkyl halides is 1. The minimum Gasteiger partial charge on any atom is -0.505 e. The predicted octanol–water partition coefficient (Wildman–Crippen LogP) is 4.25. The number of carbonyl (C=O) groups excluding carboxylic acids is 2. The van der Waals surface area contributed by atoms with Crippen LogP contribution in [0.25, 0.3) is 10.9 Å². The number of nitrogens with zero attached hydrogens (tertiary/aromatic N) is 4. The van der Waals surface area contributed by atoms with E-state index in [-0.39, 0.29) is 44.9 Å². The van der Waals surface area contributed by atoms with Crippen LogP contribution in [0.15, 0.2) is 33.3 Å². The Morgan fingerprint density at radius 2 is 2.08 bits per heavy atom. The van der Waals surface area contributed by atoms with E-state index < -0.39 is 28.0 Å². The lowest BCUT2D eigenvalue weighted by Crippen LogP contribution is -2.31. The molecule has 1 aliphatic heterocycles. The quantitative estimate of drug-likeness (QED) is 0.272. The highest BCUT2D eigenvalue weighted by Gasteiger charge is 2.39. The van der Waals surface area contributed by atoms with Crippen LogP contribution < -0.4 is 9.03 Å². The number of aromatic hydroxyl groups is 1. The van der Waals surface area contributed by atoms with Crippen LogP contribution in [0, 0.1) is 5.92 Å². The highest BCUT2D eigenvalue weighted by atomic mass is 32.3. The molecule has 39 heavy (non-hydrogen) atoms. The lowest BCUT2D eigenvalue weighted by molar-refractivity contribution is -0.117. The van der Waals surface area contributed by atoms with E-state index in [1.807, 2.05) is 0 Å². The normalized spacial score (nSPS) is 20.3. The largest absolute Gasteiger partial charge is 0.505 e. The molecule has 1 aromatic carbocycles. The molecule has 210 valence electrons. The molecular formula is C26H32FN5O5S2. The fourth-order valence-corrected chi connectivity index (χ4v) is 7.67. The van der Waals surface area contributed by atoms with Crippen molar-refractivity contribution in [3.63, 3.8) is 0 Å². The molecule has 2 unspecified atom stereocenters.